The molecule has 0 spiro atoms. The van der Waals surface area contributed by atoms with Crippen molar-refractivity contribution < 1.29 is 9.90 Å². The molecule has 0 radical (unpaired) electrons. The number of unbranched alkanes of at least 4 members (excludes halogenated alkanes) is 9. The van der Waals surface area contributed by atoms with Gasteiger partial charge in [0.05, 0.1) is 0 Å². The first-order valence-electron chi connectivity index (χ1n) is 8.53. The normalized spacial score (nSPS) is 13.7. The topological polar surface area (TPSA) is 92.6 Å². The van der Waals surface area contributed by atoms with E-state index >= 15 is 0 Å². The van der Waals surface area contributed by atoms with Crippen LogP contribution >= 0.6 is 12.4 Å². The predicted molar refractivity (Wildman–Crippen MR) is 94.8 cm³/mol. The number of likely N-dealkylation sites (N-methyl/N-ethyl adjacent to an activating group) is 1. The molecule has 0 aromatic carbocycles. The number of nitrogens with two attached hydrogens (primary N) is 2. The summed E-state index contributed by atoms with van der Waals surface area (Å²) in [5, 5.41) is 10.5. The van der Waals surface area contributed by atoms with Gasteiger partial charge in [-0.2, -0.15) is 0 Å². The Bertz CT molecular complexity index is 280. The molecule has 0 rings (SSSR count). The number of hydrogen-bond acceptors (Lipinski definition) is 4. The van der Waals surface area contributed by atoms with Gasteiger partial charge in [0, 0.05) is 6.54 Å². The summed E-state index contributed by atoms with van der Waals surface area (Å²) in [4.78, 5) is 11.3. The quantitative estimate of drug-likeness (QED) is 0.195. The van der Waals surface area contributed by atoms with E-state index in [1.54, 1.807) is 0 Å². The Hall–Kier alpha value is -0.360. The summed E-state index contributed by atoms with van der Waals surface area (Å²) in [7, 11) is 0. The maximum absolute atomic E-state index is 11.3. The van der Waals surface area contributed by atoms with Gasteiger partial charge in [0.25, 0.3) is 0 Å². The average Bonchev–Trinajstić information content (AvgIpc) is 2.47. The molecule has 0 aliphatic carbocycles. The molecule has 134 valence electrons. The molecule has 0 fully saturated rings. The van der Waals surface area contributed by atoms with Crippen LogP contribution in [-0.2, 0) is 4.79 Å². The third-order valence-electron chi connectivity index (χ3n) is 4.14. The van der Waals surface area contributed by atoms with Crippen LogP contribution in [0.4, 0.5) is 0 Å². The zero-order valence-electron chi connectivity index (χ0n) is 14.4. The van der Waals surface area contributed by atoms with Crippen molar-refractivity contribution in [1.29, 1.82) is 0 Å². The maximum Gasteiger partial charge on any atom is 0.340 e. The van der Waals surface area contributed by atoms with E-state index in [1.807, 2.05) is 6.92 Å². The van der Waals surface area contributed by atoms with Crippen LogP contribution in [-0.4, -0.2) is 28.3 Å². The van der Waals surface area contributed by atoms with Crippen LogP contribution in [0.25, 0.3) is 0 Å². The number of hydrogen-bond donors (Lipinski definition) is 3. The van der Waals surface area contributed by atoms with Gasteiger partial charge < -0.3 is 10.8 Å². The number of rotatable bonds is 14. The van der Waals surface area contributed by atoms with Crippen molar-refractivity contribution >= 4 is 18.4 Å². The second kappa shape index (κ2) is 14.2. The van der Waals surface area contributed by atoms with Crippen molar-refractivity contribution in [3.8, 4) is 0 Å². The second-order valence-corrected chi connectivity index (χ2v) is 5.95. The molecule has 6 heteroatoms. The standard InChI is InChI=1S/C16H35N3O2.ClH/c1-3-5-6-7-8-9-10-11-12-13-14-16(17,15(20)21)19(18)4-2;/h3-14,17-18H2,1-2H3,(H,20,21);1H. The van der Waals surface area contributed by atoms with Crippen LogP contribution < -0.4 is 11.6 Å². The summed E-state index contributed by atoms with van der Waals surface area (Å²) in [5.41, 5.74) is 4.48. The zero-order chi connectivity index (χ0) is 16.1. The minimum Gasteiger partial charge on any atom is -0.479 e. The van der Waals surface area contributed by atoms with Crippen molar-refractivity contribution in [2.24, 2.45) is 11.6 Å². The summed E-state index contributed by atoms with van der Waals surface area (Å²) in [6, 6.07) is 0. The van der Waals surface area contributed by atoms with Crippen molar-refractivity contribution in [2.75, 3.05) is 6.54 Å². The van der Waals surface area contributed by atoms with Crippen LogP contribution in [0.3, 0.4) is 0 Å². The Kier molecular flexibility index (Phi) is 15.5. The summed E-state index contributed by atoms with van der Waals surface area (Å²) in [5.74, 6) is 4.66. The molecule has 0 saturated carbocycles. The monoisotopic (exact) mass is 337 g/mol. The van der Waals surface area contributed by atoms with Crippen LogP contribution in [0.15, 0.2) is 0 Å². The molecule has 0 amide bonds. The highest BCUT2D eigenvalue weighted by atomic mass is 35.5. The van der Waals surface area contributed by atoms with Crippen molar-refractivity contribution in [1.82, 2.24) is 5.01 Å². The molecule has 0 aliphatic heterocycles. The number of aliphatic carboxylic acids is 1. The molecule has 1 atom stereocenters. The van der Waals surface area contributed by atoms with E-state index in [0.29, 0.717) is 13.0 Å². The molecule has 0 saturated heterocycles. The lowest BCUT2D eigenvalue weighted by molar-refractivity contribution is -0.152. The molecule has 0 aromatic rings. The minimum atomic E-state index is -1.42. The highest BCUT2D eigenvalue weighted by molar-refractivity contribution is 5.85. The first kappa shape index (κ1) is 23.9. The number of carboxylic acids is 1. The zero-order valence-corrected chi connectivity index (χ0v) is 15.2. The van der Waals surface area contributed by atoms with Crippen LogP contribution in [0.1, 0.15) is 84.5 Å². The van der Waals surface area contributed by atoms with E-state index < -0.39 is 11.6 Å². The van der Waals surface area contributed by atoms with Crippen LogP contribution in [0.2, 0.25) is 0 Å². The predicted octanol–water partition coefficient (Wildman–Crippen LogP) is 3.65. The summed E-state index contributed by atoms with van der Waals surface area (Å²) in [6.07, 6.45) is 12.6. The number of hydrazine groups is 1. The van der Waals surface area contributed by atoms with Crippen LogP contribution in [0, 0.1) is 0 Å². The van der Waals surface area contributed by atoms with E-state index in [2.05, 4.69) is 6.92 Å². The fourth-order valence-corrected chi connectivity index (χ4v) is 2.54. The maximum atomic E-state index is 11.3. The summed E-state index contributed by atoms with van der Waals surface area (Å²) < 4.78 is 0. The molecule has 0 aliphatic rings. The van der Waals surface area contributed by atoms with Gasteiger partial charge in [-0.25, -0.2) is 9.80 Å². The number of halogens is 1. The lowest BCUT2D eigenvalue weighted by Crippen LogP contribution is -2.64. The Morgan fingerprint density at radius 1 is 0.955 bits per heavy atom. The lowest BCUT2D eigenvalue weighted by Gasteiger charge is -2.33. The highest BCUT2D eigenvalue weighted by Gasteiger charge is 2.37. The van der Waals surface area contributed by atoms with E-state index in [1.165, 1.54) is 50.0 Å². The van der Waals surface area contributed by atoms with Gasteiger partial charge in [-0.05, 0) is 12.8 Å². The van der Waals surface area contributed by atoms with E-state index in [0.717, 1.165) is 19.3 Å². The summed E-state index contributed by atoms with van der Waals surface area (Å²) in [6.45, 7) is 4.47. The molecule has 1 unspecified atom stereocenters. The largest absolute Gasteiger partial charge is 0.479 e. The molecule has 22 heavy (non-hydrogen) atoms. The van der Waals surface area contributed by atoms with Gasteiger partial charge in [-0.15, -0.1) is 12.4 Å². The molecule has 5 nitrogen and oxygen atoms in total. The van der Waals surface area contributed by atoms with Gasteiger partial charge in [0.1, 0.15) is 0 Å². The molecular weight excluding hydrogens is 302 g/mol. The SMILES string of the molecule is CCCCCCCCCCCCC(N)(C(=O)O)N(N)CC.Cl. The third-order valence-corrected chi connectivity index (χ3v) is 4.14. The molecule has 0 heterocycles. The number of carboxylic acid groups (broad SMARTS) is 1. The average molecular weight is 338 g/mol. The van der Waals surface area contributed by atoms with Gasteiger partial charge >= 0.3 is 5.97 Å². The summed E-state index contributed by atoms with van der Waals surface area (Å²) >= 11 is 0. The van der Waals surface area contributed by atoms with Crippen molar-refractivity contribution in [3.63, 3.8) is 0 Å². The molecule has 5 N–H and O–H groups in total. The van der Waals surface area contributed by atoms with Crippen molar-refractivity contribution in [3.05, 3.63) is 0 Å². The van der Waals surface area contributed by atoms with E-state index in [-0.39, 0.29) is 12.4 Å². The smallest absolute Gasteiger partial charge is 0.340 e. The van der Waals surface area contributed by atoms with Gasteiger partial charge in [-0.3, -0.25) is 5.84 Å². The fourth-order valence-electron chi connectivity index (χ4n) is 2.54. The first-order valence-corrected chi connectivity index (χ1v) is 8.53. The number of carbonyl (C=O) groups is 1. The number of nitrogens with zero attached hydrogens (tertiary/aromatic N) is 1. The van der Waals surface area contributed by atoms with Crippen LogP contribution in [0.5, 0.6) is 0 Å². The van der Waals surface area contributed by atoms with E-state index in [4.69, 9.17) is 11.6 Å². The highest BCUT2D eigenvalue weighted by Crippen LogP contribution is 2.17. The molecule has 0 bridgehead atoms. The van der Waals surface area contributed by atoms with Gasteiger partial charge in [-0.1, -0.05) is 71.6 Å². The first-order chi connectivity index (χ1) is 9.99. The Labute approximate surface area is 142 Å². The van der Waals surface area contributed by atoms with Crippen molar-refractivity contribution in [2.45, 2.75) is 90.1 Å². The lowest BCUT2D eigenvalue weighted by atomic mass is 10.00. The Morgan fingerprint density at radius 3 is 1.73 bits per heavy atom. The Balaban J connectivity index is 0. The second-order valence-electron chi connectivity index (χ2n) is 5.95. The Morgan fingerprint density at radius 2 is 1.36 bits per heavy atom. The van der Waals surface area contributed by atoms with Gasteiger partial charge in [0.15, 0.2) is 5.66 Å². The molecule has 0 aromatic heterocycles. The molecular formula is C16H36ClN3O2. The minimum absolute atomic E-state index is 0. The van der Waals surface area contributed by atoms with E-state index in [9.17, 15) is 9.90 Å². The fraction of sp³-hybridized carbons (Fsp3) is 0.938. The van der Waals surface area contributed by atoms with Gasteiger partial charge in [0.2, 0.25) is 0 Å². The third kappa shape index (κ3) is 9.62.